The SMILES string of the molecule is CC(C)Oc1ccnc(Nc2ccccc2CN)n1. The summed E-state index contributed by atoms with van der Waals surface area (Å²) < 4.78 is 5.53. The lowest BCUT2D eigenvalue weighted by Crippen LogP contribution is -2.08. The summed E-state index contributed by atoms with van der Waals surface area (Å²) in [6.45, 7) is 4.38. The van der Waals surface area contributed by atoms with Gasteiger partial charge in [-0.1, -0.05) is 18.2 Å². The third-order valence-corrected chi connectivity index (χ3v) is 2.47. The maximum absolute atomic E-state index is 5.69. The molecule has 0 unspecified atom stereocenters. The van der Waals surface area contributed by atoms with Crippen molar-refractivity contribution in [2.45, 2.75) is 26.5 Å². The molecule has 0 saturated heterocycles. The normalized spacial score (nSPS) is 10.5. The van der Waals surface area contributed by atoms with Crippen LogP contribution in [0, 0.1) is 0 Å². The number of nitrogens with zero attached hydrogens (tertiary/aromatic N) is 2. The molecule has 2 rings (SSSR count). The first-order valence-electron chi connectivity index (χ1n) is 6.23. The van der Waals surface area contributed by atoms with Crippen molar-refractivity contribution >= 4 is 11.6 Å². The van der Waals surface area contributed by atoms with Gasteiger partial charge in [0.05, 0.1) is 6.10 Å². The Balaban J connectivity index is 2.18. The van der Waals surface area contributed by atoms with Gasteiger partial charge in [-0.3, -0.25) is 0 Å². The van der Waals surface area contributed by atoms with Crippen LogP contribution < -0.4 is 15.8 Å². The highest BCUT2D eigenvalue weighted by Crippen LogP contribution is 2.19. The molecule has 0 amide bonds. The van der Waals surface area contributed by atoms with E-state index >= 15 is 0 Å². The van der Waals surface area contributed by atoms with Crippen LogP contribution in [0.5, 0.6) is 5.88 Å². The molecule has 19 heavy (non-hydrogen) atoms. The maximum atomic E-state index is 5.69. The first kappa shape index (κ1) is 13.3. The summed E-state index contributed by atoms with van der Waals surface area (Å²) in [5.41, 5.74) is 7.62. The minimum Gasteiger partial charge on any atom is -0.475 e. The number of nitrogens with one attached hydrogen (secondary N) is 1. The number of anilines is 2. The second-order valence-corrected chi connectivity index (χ2v) is 4.37. The number of aromatic nitrogens is 2. The summed E-state index contributed by atoms with van der Waals surface area (Å²) in [5.74, 6) is 1.05. The molecule has 0 saturated carbocycles. The Morgan fingerprint density at radius 1 is 1.26 bits per heavy atom. The average Bonchev–Trinajstić information content (AvgIpc) is 2.39. The van der Waals surface area contributed by atoms with E-state index in [1.165, 1.54) is 0 Å². The van der Waals surface area contributed by atoms with Gasteiger partial charge in [0.15, 0.2) is 0 Å². The molecule has 3 N–H and O–H groups in total. The lowest BCUT2D eigenvalue weighted by Gasteiger charge is -2.11. The highest BCUT2D eigenvalue weighted by Gasteiger charge is 2.05. The molecular formula is C14H18N4O. The number of para-hydroxylation sites is 1. The predicted molar refractivity (Wildman–Crippen MR) is 75.4 cm³/mol. The van der Waals surface area contributed by atoms with Crippen LogP contribution in [-0.4, -0.2) is 16.1 Å². The van der Waals surface area contributed by atoms with Gasteiger partial charge in [-0.05, 0) is 25.5 Å². The monoisotopic (exact) mass is 258 g/mol. The summed E-state index contributed by atoms with van der Waals surface area (Å²) in [7, 11) is 0. The number of nitrogens with two attached hydrogens (primary N) is 1. The van der Waals surface area contributed by atoms with Gasteiger partial charge in [0.25, 0.3) is 0 Å². The Hall–Kier alpha value is -2.14. The van der Waals surface area contributed by atoms with Gasteiger partial charge in [0.1, 0.15) is 0 Å². The van der Waals surface area contributed by atoms with Crippen LogP contribution in [0.4, 0.5) is 11.6 Å². The van der Waals surface area contributed by atoms with Gasteiger partial charge in [-0.15, -0.1) is 0 Å². The topological polar surface area (TPSA) is 73.1 Å². The fraction of sp³-hybridized carbons (Fsp3) is 0.286. The van der Waals surface area contributed by atoms with E-state index in [9.17, 15) is 0 Å². The molecule has 0 atom stereocenters. The maximum Gasteiger partial charge on any atom is 0.230 e. The summed E-state index contributed by atoms with van der Waals surface area (Å²) in [6, 6.07) is 9.54. The van der Waals surface area contributed by atoms with Crippen molar-refractivity contribution < 1.29 is 4.74 Å². The summed E-state index contributed by atoms with van der Waals surface area (Å²) >= 11 is 0. The van der Waals surface area contributed by atoms with E-state index in [-0.39, 0.29) is 6.10 Å². The second kappa shape index (κ2) is 6.15. The molecular weight excluding hydrogens is 240 g/mol. The molecule has 100 valence electrons. The van der Waals surface area contributed by atoms with E-state index in [1.54, 1.807) is 12.3 Å². The smallest absolute Gasteiger partial charge is 0.230 e. The number of rotatable bonds is 5. The van der Waals surface area contributed by atoms with Crippen molar-refractivity contribution in [3.63, 3.8) is 0 Å². The molecule has 0 aliphatic rings. The molecule has 5 nitrogen and oxygen atoms in total. The van der Waals surface area contributed by atoms with Gasteiger partial charge in [0.2, 0.25) is 11.8 Å². The fourth-order valence-electron chi connectivity index (χ4n) is 1.65. The standard InChI is InChI=1S/C14H18N4O/c1-10(2)19-13-7-8-16-14(18-13)17-12-6-4-3-5-11(12)9-15/h3-8,10H,9,15H2,1-2H3,(H,16,17,18). The predicted octanol–water partition coefficient (Wildman–Crippen LogP) is 2.47. The van der Waals surface area contributed by atoms with Crippen LogP contribution in [0.2, 0.25) is 0 Å². The lowest BCUT2D eigenvalue weighted by molar-refractivity contribution is 0.232. The Labute approximate surface area is 112 Å². The molecule has 1 aromatic heterocycles. The van der Waals surface area contributed by atoms with Gasteiger partial charge >= 0.3 is 0 Å². The van der Waals surface area contributed by atoms with Gasteiger partial charge in [0, 0.05) is 24.5 Å². The van der Waals surface area contributed by atoms with Gasteiger partial charge in [-0.2, -0.15) is 4.98 Å². The lowest BCUT2D eigenvalue weighted by atomic mass is 10.2. The molecule has 1 heterocycles. The van der Waals surface area contributed by atoms with Crippen molar-refractivity contribution in [2.24, 2.45) is 5.73 Å². The fourth-order valence-corrected chi connectivity index (χ4v) is 1.65. The quantitative estimate of drug-likeness (QED) is 0.861. The number of ether oxygens (including phenoxy) is 1. The first-order valence-corrected chi connectivity index (χ1v) is 6.23. The zero-order chi connectivity index (χ0) is 13.7. The molecule has 0 aliphatic heterocycles. The van der Waals surface area contributed by atoms with Crippen LogP contribution in [0.1, 0.15) is 19.4 Å². The summed E-state index contributed by atoms with van der Waals surface area (Å²) in [6.07, 6.45) is 1.75. The van der Waals surface area contributed by atoms with Crippen LogP contribution in [-0.2, 0) is 6.54 Å². The third kappa shape index (κ3) is 3.66. The van der Waals surface area contributed by atoms with Crippen molar-refractivity contribution in [2.75, 3.05) is 5.32 Å². The van der Waals surface area contributed by atoms with Crippen molar-refractivity contribution in [1.82, 2.24) is 9.97 Å². The van der Waals surface area contributed by atoms with E-state index in [0.717, 1.165) is 11.3 Å². The van der Waals surface area contributed by atoms with Gasteiger partial charge in [-0.25, -0.2) is 4.98 Å². The molecule has 2 aromatic rings. The minimum atomic E-state index is 0.0825. The van der Waals surface area contributed by atoms with Crippen molar-refractivity contribution in [3.05, 3.63) is 42.1 Å². The minimum absolute atomic E-state index is 0.0825. The van der Waals surface area contributed by atoms with E-state index in [1.807, 2.05) is 38.1 Å². The average molecular weight is 258 g/mol. The Morgan fingerprint density at radius 3 is 2.79 bits per heavy atom. The Bertz CT molecular complexity index is 542. The van der Waals surface area contributed by atoms with E-state index in [4.69, 9.17) is 10.5 Å². The zero-order valence-corrected chi connectivity index (χ0v) is 11.1. The third-order valence-electron chi connectivity index (χ3n) is 2.47. The second-order valence-electron chi connectivity index (χ2n) is 4.37. The Morgan fingerprint density at radius 2 is 2.05 bits per heavy atom. The van der Waals surface area contributed by atoms with Crippen molar-refractivity contribution in [1.29, 1.82) is 0 Å². The van der Waals surface area contributed by atoms with E-state index < -0.39 is 0 Å². The van der Waals surface area contributed by atoms with Crippen molar-refractivity contribution in [3.8, 4) is 5.88 Å². The first-order chi connectivity index (χ1) is 9.19. The van der Waals surface area contributed by atoms with E-state index in [2.05, 4.69) is 15.3 Å². The largest absolute Gasteiger partial charge is 0.475 e. The molecule has 1 aromatic carbocycles. The van der Waals surface area contributed by atoms with Crippen LogP contribution in [0.15, 0.2) is 36.5 Å². The number of hydrogen-bond acceptors (Lipinski definition) is 5. The summed E-state index contributed by atoms with van der Waals surface area (Å²) in [4.78, 5) is 8.47. The molecule has 5 heteroatoms. The summed E-state index contributed by atoms with van der Waals surface area (Å²) in [5, 5.41) is 3.15. The zero-order valence-electron chi connectivity index (χ0n) is 11.1. The number of hydrogen-bond donors (Lipinski definition) is 2. The van der Waals surface area contributed by atoms with Crippen LogP contribution in [0.25, 0.3) is 0 Å². The molecule has 0 aliphatic carbocycles. The molecule has 0 bridgehead atoms. The van der Waals surface area contributed by atoms with Crippen LogP contribution in [0.3, 0.4) is 0 Å². The highest BCUT2D eigenvalue weighted by molar-refractivity contribution is 5.58. The van der Waals surface area contributed by atoms with Gasteiger partial charge < -0.3 is 15.8 Å². The highest BCUT2D eigenvalue weighted by atomic mass is 16.5. The molecule has 0 radical (unpaired) electrons. The number of benzene rings is 1. The Kier molecular flexibility index (Phi) is 4.30. The van der Waals surface area contributed by atoms with Crippen LogP contribution >= 0.6 is 0 Å². The molecule has 0 fully saturated rings. The van der Waals surface area contributed by atoms with E-state index in [0.29, 0.717) is 18.4 Å². The molecule has 0 spiro atoms.